The molecule has 1 aliphatic carbocycles. The molecule has 0 bridgehead atoms. The van der Waals surface area contributed by atoms with Crippen LogP contribution in [0.25, 0.3) is 0 Å². The van der Waals surface area contributed by atoms with Crippen LogP contribution in [0.3, 0.4) is 0 Å². The summed E-state index contributed by atoms with van der Waals surface area (Å²) in [6.07, 6.45) is 3.63. The highest BCUT2D eigenvalue weighted by Crippen LogP contribution is 2.37. The second-order valence-electron chi connectivity index (χ2n) is 5.21. The van der Waals surface area contributed by atoms with Crippen molar-refractivity contribution in [2.45, 2.75) is 38.3 Å². The van der Waals surface area contributed by atoms with Crippen LogP contribution in [0.4, 0.5) is 0 Å². The molecule has 2 nitrogen and oxygen atoms in total. The van der Waals surface area contributed by atoms with Crippen molar-refractivity contribution in [2.75, 3.05) is 6.61 Å². The Morgan fingerprint density at radius 2 is 2.24 bits per heavy atom. The van der Waals surface area contributed by atoms with E-state index in [-0.39, 0.29) is 0 Å². The fourth-order valence-corrected chi connectivity index (χ4v) is 2.87. The first-order valence-electron chi connectivity index (χ1n) is 6.42. The van der Waals surface area contributed by atoms with Crippen LogP contribution in [0.2, 0.25) is 0 Å². The highest BCUT2D eigenvalue weighted by atomic mass is 79.9. The lowest BCUT2D eigenvalue weighted by atomic mass is 10.0. The van der Waals surface area contributed by atoms with Gasteiger partial charge in [-0.05, 0) is 37.3 Å². The van der Waals surface area contributed by atoms with E-state index in [1.54, 1.807) is 0 Å². The molecule has 3 atom stereocenters. The quantitative estimate of drug-likeness (QED) is 0.899. The van der Waals surface area contributed by atoms with Gasteiger partial charge in [-0.3, -0.25) is 0 Å². The summed E-state index contributed by atoms with van der Waals surface area (Å²) in [4.78, 5) is 0. The van der Waals surface area contributed by atoms with Gasteiger partial charge in [0.25, 0.3) is 0 Å². The Hall–Kier alpha value is -0.540. The Balaban J connectivity index is 1.84. The lowest BCUT2D eigenvalue weighted by molar-refractivity contribution is 0.315. The van der Waals surface area contributed by atoms with Crippen molar-refractivity contribution in [2.24, 2.45) is 5.92 Å². The molecule has 3 unspecified atom stereocenters. The minimum atomic E-state index is 0.468. The number of ether oxygens (including phenoxy) is 1. The molecule has 1 fully saturated rings. The summed E-state index contributed by atoms with van der Waals surface area (Å²) in [6, 6.07) is 7.57. The summed E-state index contributed by atoms with van der Waals surface area (Å²) < 4.78 is 6.91. The van der Waals surface area contributed by atoms with Gasteiger partial charge in [-0.1, -0.05) is 28.9 Å². The van der Waals surface area contributed by atoms with Crippen molar-refractivity contribution in [3.63, 3.8) is 0 Å². The topological polar surface area (TPSA) is 21.3 Å². The molecule has 1 aromatic carbocycles. The van der Waals surface area contributed by atoms with Gasteiger partial charge in [-0.2, -0.15) is 0 Å². The Labute approximate surface area is 111 Å². The van der Waals surface area contributed by atoms with E-state index >= 15 is 0 Å². The predicted octanol–water partition coefficient (Wildman–Crippen LogP) is 3.66. The Bertz CT molecular complexity index is 421. The van der Waals surface area contributed by atoms with Crippen LogP contribution in [0.1, 0.15) is 37.8 Å². The fraction of sp³-hybridized carbons (Fsp3) is 0.571. The standard InChI is InChI=1S/C14H18BrNO/c1-9-7-13(9)16-12-3-2-6-17-14-8-10(15)4-5-11(12)14/h4-5,8-9,12-13,16H,2-3,6-7H2,1H3. The van der Waals surface area contributed by atoms with E-state index in [1.807, 2.05) is 0 Å². The van der Waals surface area contributed by atoms with Crippen molar-refractivity contribution in [3.05, 3.63) is 28.2 Å². The lowest BCUT2D eigenvalue weighted by Crippen LogP contribution is -2.24. The van der Waals surface area contributed by atoms with E-state index < -0.39 is 0 Å². The number of rotatable bonds is 2. The second kappa shape index (κ2) is 4.62. The molecule has 3 rings (SSSR count). The number of hydrogen-bond donors (Lipinski definition) is 1. The molecule has 17 heavy (non-hydrogen) atoms. The van der Waals surface area contributed by atoms with Crippen LogP contribution < -0.4 is 10.1 Å². The van der Waals surface area contributed by atoms with Crippen LogP contribution in [0.15, 0.2) is 22.7 Å². The van der Waals surface area contributed by atoms with Gasteiger partial charge in [0.05, 0.1) is 6.61 Å². The molecule has 1 saturated carbocycles. The molecule has 2 aliphatic rings. The third-order valence-electron chi connectivity index (χ3n) is 3.77. The Kier molecular flexibility index (Phi) is 3.14. The molecule has 0 spiro atoms. The molecule has 1 N–H and O–H groups in total. The Morgan fingerprint density at radius 1 is 1.41 bits per heavy atom. The zero-order valence-corrected chi connectivity index (χ0v) is 11.7. The third kappa shape index (κ3) is 2.50. The minimum Gasteiger partial charge on any atom is -0.493 e. The summed E-state index contributed by atoms with van der Waals surface area (Å²) in [5.74, 6) is 1.89. The normalized spacial score (nSPS) is 31.3. The molecule has 0 radical (unpaired) electrons. The summed E-state index contributed by atoms with van der Waals surface area (Å²) in [5.41, 5.74) is 1.32. The van der Waals surface area contributed by atoms with E-state index in [0.717, 1.165) is 35.2 Å². The van der Waals surface area contributed by atoms with Crippen molar-refractivity contribution < 1.29 is 4.74 Å². The maximum atomic E-state index is 5.82. The summed E-state index contributed by atoms with van der Waals surface area (Å²) in [5, 5.41) is 3.76. The molecule has 0 aromatic heterocycles. The smallest absolute Gasteiger partial charge is 0.125 e. The van der Waals surface area contributed by atoms with Gasteiger partial charge in [-0.25, -0.2) is 0 Å². The highest BCUT2D eigenvalue weighted by molar-refractivity contribution is 9.10. The van der Waals surface area contributed by atoms with Gasteiger partial charge in [0.1, 0.15) is 5.75 Å². The van der Waals surface area contributed by atoms with Gasteiger partial charge >= 0.3 is 0 Å². The van der Waals surface area contributed by atoms with E-state index in [4.69, 9.17) is 4.74 Å². The first-order chi connectivity index (χ1) is 8.24. The van der Waals surface area contributed by atoms with Crippen molar-refractivity contribution >= 4 is 15.9 Å². The average molecular weight is 296 g/mol. The molecular weight excluding hydrogens is 278 g/mol. The zero-order chi connectivity index (χ0) is 11.8. The van der Waals surface area contributed by atoms with Crippen molar-refractivity contribution in [3.8, 4) is 5.75 Å². The van der Waals surface area contributed by atoms with Crippen LogP contribution >= 0.6 is 15.9 Å². The van der Waals surface area contributed by atoms with Gasteiger partial charge in [0.15, 0.2) is 0 Å². The van der Waals surface area contributed by atoms with Gasteiger partial charge in [0, 0.05) is 22.1 Å². The van der Waals surface area contributed by atoms with Crippen LogP contribution in [0.5, 0.6) is 5.75 Å². The van der Waals surface area contributed by atoms with Gasteiger partial charge < -0.3 is 10.1 Å². The molecule has 0 amide bonds. The SMILES string of the molecule is CC1CC1NC1CCCOc2cc(Br)ccc21. The third-order valence-corrected chi connectivity index (χ3v) is 4.26. The molecule has 1 aromatic rings. The highest BCUT2D eigenvalue weighted by Gasteiger charge is 2.35. The molecule has 0 saturated heterocycles. The lowest BCUT2D eigenvalue weighted by Gasteiger charge is -2.18. The first-order valence-corrected chi connectivity index (χ1v) is 7.21. The van der Waals surface area contributed by atoms with Crippen LogP contribution in [-0.4, -0.2) is 12.6 Å². The number of benzene rings is 1. The summed E-state index contributed by atoms with van der Waals surface area (Å²) >= 11 is 3.51. The largest absolute Gasteiger partial charge is 0.493 e. The second-order valence-corrected chi connectivity index (χ2v) is 6.13. The van der Waals surface area contributed by atoms with Gasteiger partial charge in [-0.15, -0.1) is 0 Å². The van der Waals surface area contributed by atoms with E-state index in [9.17, 15) is 0 Å². The molecule has 92 valence electrons. The number of fused-ring (bicyclic) bond motifs is 1. The monoisotopic (exact) mass is 295 g/mol. The fourth-order valence-electron chi connectivity index (χ4n) is 2.53. The summed E-state index contributed by atoms with van der Waals surface area (Å²) in [6.45, 7) is 3.15. The van der Waals surface area contributed by atoms with Gasteiger partial charge in [0.2, 0.25) is 0 Å². The molecule has 1 heterocycles. The summed E-state index contributed by atoms with van der Waals surface area (Å²) in [7, 11) is 0. The maximum Gasteiger partial charge on any atom is 0.125 e. The number of halogens is 1. The average Bonchev–Trinajstić information content (AvgIpc) is 3.02. The van der Waals surface area contributed by atoms with E-state index in [1.165, 1.54) is 18.4 Å². The van der Waals surface area contributed by atoms with Crippen LogP contribution in [-0.2, 0) is 0 Å². The first kappa shape index (κ1) is 11.5. The van der Waals surface area contributed by atoms with Crippen molar-refractivity contribution in [1.29, 1.82) is 0 Å². The Morgan fingerprint density at radius 3 is 3.00 bits per heavy atom. The minimum absolute atomic E-state index is 0.468. The van der Waals surface area contributed by atoms with Crippen LogP contribution in [0, 0.1) is 5.92 Å². The van der Waals surface area contributed by atoms with Crippen molar-refractivity contribution in [1.82, 2.24) is 5.32 Å². The predicted molar refractivity (Wildman–Crippen MR) is 72.3 cm³/mol. The van der Waals surface area contributed by atoms with E-state index in [2.05, 4.69) is 46.4 Å². The number of nitrogens with one attached hydrogen (secondary N) is 1. The maximum absolute atomic E-state index is 5.82. The molecular formula is C14H18BrNO. The molecule has 3 heteroatoms. The zero-order valence-electron chi connectivity index (χ0n) is 10.1. The van der Waals surface area contributed by atoms with E-state index in [0.29, 0.717) is 6.04 Å². The molecule has 1 aliphatic heterocycles. The number of hydrogen-bond acceptors (Lipinski definition) is 2.